The summed E-state index contributed by atoms with van der Waals surface area (Å²) in [5, 5.41) is 7.31. The van der Waals surface area contributed by atoms with Gasteiger partial charge >= 0.3 is 0 Å². The Morgan fingerprint density at radius 2 is 1.44 bits per heavy atom. The first-order valence-electron chi connectivity index (χ1n) is 10.4. The number of carbonyl (C=O) groups is 1. The molecule has 6 nitrogen and oxygen atoms in total. The van der Waals surface area contributed by atoms with Crippen LogP contribution in [0, 0.1) is 0 Å². The van der Waals surface area contributed by atoms with E-state index in [4.69, 9.17) is 9.47 Å². The van der Waals surface area contributed by atoms with Gasteiger partial charge < -0.3 is 14.8 Å². The number of nitrogens with one attached hydrogen (secondary N) is 1. The van der Waals surface area contributed by atoms with Crippen LogP contribution in [0.3, 0.4) is 0 Å². The fraction of sp³-hybridized carbons (Fsp3) is 0.154. The van der Waals surface area contributed by atoms with Gasteiger partial charge in [0.25, 0.3) is 5.91 Å². The molecule has 162 valence electrons. The largest absolute Gasteiger partial charge is 0.493 e. The van der Waals surface area contributed by atoms with E-state index in [1.165, 1.54) is 7.11 Å². The molecular weight excluding hydrogens is 402 g/mol. The average Bonchev–Trinajstić information content (AvgIpc) is 3.29. The molecule has 1 N–H and O–H groups in total. The van der Waals surface area contributed by atoms with Crippen molar-refractivity contribution in [3.63, 3.8) is 0 Å². The van der Waals surface area contributed by atoms with Crippen molar-refractivity contribution < 1.29 is 14.3 Å². The van der Waals surface area contributed by atoms with Crippen LogP contribution < -0.4 is 10.1 Å². The molecule has 1 amide bonds. The number of methoxy groups -OCH3 is 1. The Morgan fingerprint density at radius 1 is 0.844 bits per heavy atom. The fourth-order valence-corrected chi connectivity index (χ4v) is 3.26. The van der Waals surface area contributed by atoms with Gasteiger partial charge in [0.1, 0.15) is 0 Å². The van der Waals surface area contributed by atoms with Crippen molar-refractivity contribution in [3.8, 4) is 11.4 Å². The molecule has 0 aliphatic carbocycles. The first-order valence-corrected chi connectivity index (χ1v) is 10.4. The number of ether oxygens (including phenoxy) is 2. The van der Waals surface area contributed by atoms with Crippen LogP contribution in [-0.2, 0) is 24.5 Å². The van der Waals surface area contributed by atoms with Gasteiger partial charge in [-0.1, -0.05) is 72.8 Å². The summed E-state index contributed by atoms with van der Waals surface area (Å²) in [7, 11) is 1.53. The number of benzene rings is 3. The molecule has 4 aromatic rings. The number of carbonyl (C=O) groups excluding carboxylic acids is 1. The number of hydrogen-bond acceptors (Lipinski definition) is 4. The highest BCUT2D eigenvalue weighted by Crippen LogP contribution is 2.19. The molecule has 0 saturated heterocycles. The maximum Gasteiger partial charge on any atom is 0.275 e. The minimum Gasteiger partial charge on any atom is -0.493 e. The minimum absolute atomic E-state index is 0.252. The molecule has 0 spiro atoms. The van der Waals surface area contributed by atoms with Crippen LogP contribution in [0.1, 0.15) is 27.2 Å². The molecule has 0 aliphatic heterocycles. The van der Waals surface area contributed by atoms with Crippen LogP contribution in [0.25, 0.3) is 5.69 Å². The Bertz CT molecular complexity index is 1140. The molecule has 1 heterocycles. The molecule has 0 saturated carbocycles. The van der Waals surface area contributed by atoms with Crippen molar-refractivity contribution in [1.82, 2.24) is 15.1 Å². The summed E-state index contributed by atoms with van der Waals surface area (Å²) < 4.78 is 12.8. The van der Waals surface area contributed by atoms with E-state index in [-0.39, 0.29) is 11.6 Å². The van der Waals surface area contributed by atoms with Crippen LogP contribution in [0.15, 0.2) is 91.1 Å². The summed E-state index contributed by atoms with van der Waals surface area (Å²) in [6.45, 7) is 1.51. The van der Waals surface area contributed by atoms with Gasteiger partial charge in [0.05, 0.1) is 32.2 Å². The van der Waals surface area contributed by atoms with Crippen LogP contribution in [-0.4, -0.2) is 22.8 Å². The average molecular weight is 428 g/mol. The quantitative estimate of drug-likeness (QED) is 0.426. The Balaban J connectivity index is 1.31. The van der Waals surface area contributed by atoms with E-state index < -0.39 is 0 Å². The highest BCUT2D eigenvalue weighted by Gasteiger charge is 2.18. The first kappa shape index (κ1) is 21.3. The number of amides is 1. The molecular formula is C26H25N3O3. The highest BCUT2D eigenvalue weighted by molar-refractivity contribution is 5.94. The maximum atomic E-state index is 12.7. The zero-order valence-electron chi connectivity index (χ0n) is 17.9. The summed E-state index contributed by atoms with van der Waals surface area (Å²) in [6, 6.07) is 27.7. The lowest BCUT2D eigenvalue weighted by atomic mass is 10.1. The highest BCUT2D eigenvalue weighted by atomic mass is 16.5. The number of nitrogens with zero attached hydrogens (tertiary/aromatic N) is 2. The molecule has 3 aromatic carbocycles. The molecule has 0 unspecified atom stereocenters. The molecule has 0 radical (unpaired) electrons. The number of para-hydroxylation sites is 1. The van der Waals surface area contributed by atoms with Gasteiger partial charge in [-0.05, 0) is 28.8 Å². The lowest BCUT2D eigenvalue weighted by molar-refractivity contribution is 0.0942. The van der Waals surface area contributed by atoms with Crippen molar-refractivity contribution in [2.45, 2.75) is 19.8 Å². The van der Waals surface area contributed by atoms with E-state index >= 15 is 0 Å². The fourth-order valence-electron chi connectivity index (χ4n) is 3.26. The summed E-state index contributed by atoms with van der Waals surface area (Å²) in [6.07, 6.45) is 1.70. The molecule has 4 rings (SSSR count). The predicted octanol–water partition coefficient (Wildman–Crippen LogP) is 4.53. The summed E-state index contributed by atoms with van der Waals surface area (Å²) in [5.41, 5.74) is 4.33. The minimum atomic E-state index is -0.285. The third kappa shape index (κ3) is 5.42. The SMILES string of the molecule is COc1cn(-c2ccccc2)nc1C(=O)NCc1ccc(COCc2ccccc2)cc1. The summed E-state index contributed by atoms with van der Waals surface area (Å²) in [4.78, 5) is 12.7. The van der Waals surface area contributed by atoms with Crippen molar-refractivity contribution in [2.24, 2.45) is 0 Å². The number of aromatic nitrogens is 2. The third-order valence-electron chi connectivity index (χ3n) is 4.99. The molecule has 0 atom stereocenters. The Morgan fingerprint density at radius 3 is 2.09 bits per heavy atom. The van der Waals surface area contributed by atoms with E-state index in [2.05, 4.69) is 10.4 Å². The lowest BCUT2D eigenvalue weighted by Gasteiger charge is -2.07. The van der Waals surface area contributed by atoms with E-state index in [1.54, 1.807) is 10.9 Å². The van der Waals surface area contributed by atoms with Gasteiger partial charge in [0.2, 0.25) is 0 Å². The van der Waals surface area contributed by atoms with Crippen molar-refractivity contribution >= 4 is 5.91 Å². The molecule has 1 aromatic heterocycles. The standard InChI is InChI=1S/C26H25N3O3/c1-31-24-17-29(23-10-6-3-7-11-23)28-25(24)26(30)27-16-20-12-14-22(15-13-20)19-32-18-21-8-4-2-5-9-21/h2-15,17H,16,18-19H2,1H3,(H,27,30). The summed E-state index contributed by atoms with van der Waals surface area (Å²) in [5.74, 6) is 0.143. The van der Waals surface area contributed by atoms with Crippen molar-refractivity contribution in [3.05, 3.63) is 114 Å². The zero-order chi connectivity index (χ0) is 22.2. The number of rotatable bonds is 9. The Hall–Kier alpha value is -3.90. The van der Waals surface area contributed by atoms with Gasteiger partial charge in [0.15, 0.2) is 11.4 Å². The smallest absolute Gasteiger partial charge is 0.275 e. The van der Waals surface area contributed by atoms with Gasteiger partial charge in [-0.15, -0.1) is 0 Å². The molecule has 32 heavy (non-hydrogen) atoms. The van der Waals surface area contributed by atoms with Gasteiger partial charge in [-0.25, -0.2) is 4.68 Å². The van der Waals surface area contributed by atoms with E-state index in [0.717, 1.165) is 22.4 Å². The van der Waals surface area contributed by atoms with Crippen LogP contribution in [0.5, 0.6) is 5.75 Å². The molecule has 6 heteroatoms. The Kier molecular flexibility index (Phi) is 6.94. The second-order valence-electron chi connectivity index (χ2n) is 7.30. The van der Waals surface area contributed by atoms with Gasteiger partial charge in [-0.2, -0.15) is 5.10 Å². The lowest BCUT2D eigenvalue weighted by Crippen LogP contribution is -2.24. The summed E-state index contributed by atoms with van der Waals surface area (Å²) >= 11 is 0. The number of hydrogen-bond donors (Lipinski definition) is 1. The predicted molar refractivity (Wildman–Crippen MR) is 123 cm³/mol. The monoisotopic (exact) mass is 427 g/mol. The topological polar surface area (TPSA) is 65.4 Å². The first-order chi connectivity index (χ1) is 15.7. The third-order valence-corrected chi connectivity index (χ3v) is 4.99. The van der Waals surface area contributed by atoms with Crippen LogP contribution in [0.2, 0.25) is 0 Å². The van der Waals surface area contributed by atoms with Gasteiger partial charge in [-0.3, -0.25) is 4.79 Å². The second-order valence-corrected chi connectivity index (χ2v) is 7.30. The second kappa shape index (κ2) is 10.4. The zero-order valence-corrected chi connectivity index (χ0v) is 17.9. The van der Waals surface area contributed by atoms with Gasteiger partial charge in [0, 0.05) is 6.54 Å². The molecule has 0 aliphatic rings. The van der Waals surface area contributed by atoms with E-state index in [1.807, 2.05) is 84.9 Å². The van der Waals surface area contributed by atoms with E-state index in [9.17, 15) is 4.79 Å². The Labute approximate surface area is 187 Å². The van der Waals surface area contributed by atoms with Crippen molar-refractivity contribution in [2.75, 3.05) is 7.11 Å². The molecule has 0 fully saturated rings. The van der Waals surface area contributed by atoms with Crippen LogP contribution >= 0.6 is 0 Å². The normalized spacial score (nSPS) is 10.7. The van der Waals surface area contributed by atoms with Crippen molar-refractivity contribution in [1.29, 1.82) is 0 Å². The van der Waals surface area contributed by atoms with E-state index in [0.29, 0.717) is 25.5 Å². The molecule has 0 bridgehead atoms. The maximum absolute atomic E-state index is 12.7. The van der Waals surface area contributed by atoms with Crippen LogP contribution in [0.4, 0.5) is 0 Å².